The third-order valence-electron chi connectivity index (χ3n) is 2.77. The van der Waals surface area contributed by atoms with E-state index in [2.05, 4.69) is 10.1 Å². The molecule has 0 aliphatic carbocycles. The van der Waals surface area contributed by atoms with E-state index < -0.39 is 0 Å². The van der Waals surface area contributed by atoms with E-state index in [0.717, 1.165) is 16.6 Å². The number of aryl methyl sites for hydroxylation is 1. The minimum Gasteiger partial charge on any atom is -0.394 e. The number of anilines is 1. The number of nitrogens with one attached hydrogen (secondary N) is 1. The Balaban J connectivity index is 2.37. The number of H-pyrrole nitrogens is 1. The number of nitrogens with zero attached hydrogens (tertiary/aromatic N) is 1. The maximum atomic E-state index is 13.1. The van der Waals surface area contributed by atoms with Crippen LogP contribution < -0.4 is 5.73 Å². The molecule has 0 radical (unpaired) electrons. The van der Waals surface area contributed by atoms with E-state index in [1.165, 1.54) is 18.3 Å². The first-order valence-corrected chi connectivity index (χ1v) is 5.15. The van der Waals surface area contributed by atoms with E-state index in [4.69, 9.17) is 10.3 Å². The molecule has 0 saturated heterocycles. The number of aromatic nitrogens is 2. The first-order valence-electron chi connectivity index (χ1n) is 5.15. The highest BCUT2D eigenvalue weighted by molar-refractivity contribution is 5.98. The first-order chi connectivity index (χ1) is 8.16. The molecule has 0 amide bonds. The second-order valence-electron chi connectivity index (χ2n) is 3.93. The summed E-state index contributed by atoms with van der Waals surface area (Å²) in [5.74, 6) is 0.233. The number of benzene rings is 1. The number of hydrogen-bond donors (Lipinski definition) is 2. The Hall–Kier alpha value is -2.30. The lowest BCUT2D eigenvalue weighted by atomic mass is 10.1. The Morgan fingerprint density at radius 1 is 1.41 bits per heavy atom. The van der Waals surface area contributed by atoms with Gasteiger partial charge in [-0.3, -0.25) is 0 Å². The number of aromatic amines is 1. The summed E-state index contributed by atoms with van der Waals surface area (Å²) in [6, 6.07) is 4.55. The molecule has 0 unspecified atom stereocenters. The van der Waals surface area contributed by atoms with Gasteiger partial charge in [0.25, 0.3) is 0 Å². The van der Waals surface area contributed by atoms with Crippen LogP contribution in [-0.2, 0) is 0 Å². The summed E-state index contributed by atoms with van der Waals surface area (Å²) in [6.45, 7) is 1.88. The fourth-order valence-corrected chi connectivity index (χ4v) is 2.03. The first kappa shape index (κ1) is 9.89. The van der Waals surface area contributed by atoms with E-state index in [9.17, 15) is 4.39 Å². The standard InChI is InChI=1S/C12H10FN3O/c1-6-11(12-9(14)5-15-17-12)8-3-2-7(13)4-10(8)16-6/h2-5,16H,14H2,1H3. The van der Waals surface area contributed by atoms with Crippen molar-refractivity contribution in [3.8, 4) is 11.3 Å². The van der Waals surface area contributed by atoms with E-state index in [-0.39, 0.29) is 5.82 Å². The van der Waals surface area contributed by atoms with Crippen molar-refractivity contribution in [1.29, 1.82) is 0 Å². The summed E-state index contributed by atoms with van der Waals surface area (Å²) in [5.41, 5.74) is 8.66. The molecule has 4 nitrogen and oxygen atoms in total. The highest BCUT2D eigenvalue weighted by atomic mass is 19.1. The lowest BCUT2D eigenvalue weighted by Crippen LogP contribution is -1.85. The molecule has 0 bridgehead atoms. The number of halogens is 1. The van der Waals surface area contributed by atoms with Crippen molar-refractivity contribution in [2.24, 2.45) is 0 Å². The highest BCUT2D eigenvalue weighted by Gasteiger charge is 2.16. The van der Waals surface area contributed by atoms with Crippen molar-refractivity contribution in [2.75, 3.05) is 5.73 Å². The molecule has 0 spiro atoms. The third-order valence-corrected chi connectivity index (χ3v) is 2.77. The van der Waals surface area contributed by atoms with Gasteiger partial charge in [-0.2, -0.15) is 0 Å². The van der Waals surface area contributed by atoms with Crippen molar-refractivity contribution < 1.29 is 8.91 Å². The monoisotopic (exact) mass is 231 g/mol. The lowest BCUT2D eigenvalue weighted by Gasteiger charge is -1.97. The summed E-state index contributed by atoms with van der Waals surface area (Å²) >= 11 is 0. The molecule has 0 aliphatic rings. The molecule has 3 N–H and O–H groups in total. The molecular formula is C12H10FN3O. The Kier molecular flexibility index (Phi) is 1.95. The van der Waals surface area contributed by atoms with Gasteiger partial charge in [0.05, 0.1) is 11.8 Å². The zero-order chi connectivity index (χ0) is 12.0. The maximum Gasteiger partial charge on any atom is 0.192 e. The molecule has 0 saturated carbocycles. The van der Waals surface area contributed by atoms with Gasteiger partial charge in [0.2, 0.25) is 0 Å². The zero-order valence-electron chi connectivity index (χ0n) is 9.12. The van der Waals surface area contributed by atoms with E-state index in [1.807, 2.05) is 6.92 Å². The van der Waals surface area contributed by atoms with E-state index >= 15 is 0 Å². The van der Waals surface area contributed by atoms with Crippen molar-refractivity contribution in [3.63, 3.8) is 0 Å². The molecule has 0 atom stereocenters. The number of rotatable bonds is 1. The van der Waals surface area contributed by atoms with Gasteiger partial charge >= 0.3 is 0 Å². The lowest BCUT2D eigenvalue weighted by molar-refractivity contribution is 0.432. The Morgan fingerprint density at radius 2 is 2.24 bits per heavy atom. The normalized spacial score (nSPS) is 11.2. The summed E-state index contributed by atoms with van der Waals surface area (Å²) in [4.78, 5) is 3.10. The molecule has 86 valence electrons. The van der Waals surface area contributed by atoms with Crippen molar-refractivity contribution >= 4 is 16.6 Å². The number of hydrogen-bond acceptors (Lipinski definition) is 3. The molecule has 3 rings (SSSR count). The van der Waals surface area contributed by atoms with Crippen molar-refractivity contribution in [3.05, 3.63) is 35.9 Å². The van der Waals surface area contributed by atoms with Gasteiger partial charge in [-0.05, 0) is 25.1 Å². The Bertz CT molecular complexity index is 699. The average Bonchev–Trinajstić information content (AvgIpc) is 2.80. The van der Waals surface area contributed by atoms with Gasteiger partial charge in [-0.15, -0.1) is 0 Å². The maximum absolute atomic E-state index is 13.1. The number of nitrogen functional groups attached to an aromatic ring is 1. The summed E-state index contributed by atoms with van der Waals surface area (Å²) < 4.78 is 18.3. The molecule has 3 aromatic rings. The molecule has 1 aromatic carbocycles. The van der Waals surface area contributed by atoms with Crippen molar-refractivity contribution in [1.82, 2.24) is 10.1 Å². The van der Waals surface area contributed by atoms with Crippen LogP contribution in [-0.4, -0.2) is 10.1 Å². The Labute approximate surface area is 96.2 Å². The van der Waals surface area contributed by atoms with Crippen LogP contribution in [0.3, 0.4) is 0 Å². The van der Waals surface area contributed by atoms with Crippen LogP contribution in [0.1, 0.15) is 5.69 Å². The topological polar surface area (TPSA) is 67.8 Å². The van der Waals surface area contributed by atoms with Gasteiger partial charge in [0.15, 0.2) is 5.76 Å². The predicted octanol–water partition coefficient (Wildman–Crippen LogP) is 2.85. The second-order valence-corrected chi connectivity index (χ2v) is 3.93. The van der Waals surface area contributed by atoms with Gasteiger partial charge in [0, 0.05) is 16.6 Å². The number of fused-ring (bicyclic) bond motifs is 1. The van der Waals surface area contributed by atoms with Crippen molar-refractivity contribution in [2.45, 2.75) is 6.92 Å². The van der Waals surface area contributed by atoms with Crippen LogP contribution in [0.4, 0.5) is 10.1 Å². The largest absolute Gasteiger partial charge is 0.394 e. The molecule has 5 heteroatoms. The van der Waals surface area contributed by atoms with Crippen LogP contribution in [0, 0.1) is 12.7 Å². The molecular weight excluding hydrogens is 221 g/mol. The third kappa shape index (κ3) is 1.39. The van der Waals surface area contributed by atoms with Crippen LogP contribution in [0.15, 0.2) is 28.9 Å². The minimum absolute atomic E-state index is 0.282. The molecule has 2 aromatic heterocycles. The Morgan fingerprint density at radius 3 is 2.94 bits per heavy atom. The van der Waals surface area contributed by atoms with Crippen LogP contribution in [0.25, 0.3) is 22.2 Å². The highest BCUT2D eigenvalue weighted by Crippen LogP contribution is 2.35. The van der Waals surface area contributed by atoms with Crippen LogP contribution >= 0.6 is 0 Å². The van der Waals surface area contributed by atoms with Gasteiger partial charge in [-0.1, -0.05) is 5.16 Å². The summed E-state index contributed by atoms with van der Waals surface area (Å²) in [5, 5.41) is 4.52. The quantitative estimate of drug-likeness (QED) is 0.676. The summed E-state index contributed by atoms with van der Waals surface area (Å²) in [6.07, 6.45) is 1.46. The number of nitrogens with two attached hydrogens (primary N) is 1. The van der Waals surface area contributed by atoms with E-state index in [0.29, 0.717) is 17.0 Å². The molecule has 2 heterocycles. The van der Waals surface area contributed by atoms with E-state index in [1.54, 1.807) is 6.07 Å². The van der Waals surface area contributed by atoms with Gasteiger partial charge in [0.1, 0.15) is 11.5 Å². The van der Waals surface area contributed by atoms with Gasteiger partial charge in [-0.25, -0.2) is 4.39 Å². The van der Waals surface area contributed by atoms with Gasteiger partial charge < -0.3 is 15.2 Å². The minimum atomic E-state index is -0.282. The fraction of sp³-hybridized carbons (Fsp3) is 0.0833. The van der Waals surface area contributed by atoms with Crippen LogP contribution in [0.2, 0.25) is 0 Å². The fourth-order valence-electron chi connectivity index (χ4n) is 2.03. The molecule has 17 heavy (non-hydrogen) atoms. The molecule has 0 aliphatic heterocycles. The second kappa shape index (κ2) is 3.35. The van der Waals surface area contributed by atoms with Crippen LogP contribution in [0.5, 0.6) is 0 Å². The predicted molar refractivity (Wildman–Crippen MR) is 62.9 cm³/mol. The molecule has 0 fully saturated rings. The summed E-state index contributed by atoms with van der Waals surface area (Å²) in [7, 11) is 0. The zero-order valence-corrected chi connectivity index (χ0v) is 9.12. The average molecular weight is 231 g/mol. The smallest absolute Gasteiger partial charge is 0.192 e. The SMILES string of the molecule is Cc1[nH]c2cc(F)ccc2c1-c1oncc1N.